The SMILES string of the molecule is C/C=C/NC(=O)N1CCN(CCN)CC1. The van der Waals surface area contributed by atoms with Gasteiger partial charge in [-0.25, -0.2) is 4.79 Å². The predicted octanol–water partition coefficient (Wildman–Crippen LogP) is -0.194. The van der Waals surface area contributed by atoms with E-state index in [1.807, 2.05) is 17.9 Å². The fourth-order valence-corrected chi connectivity index (χ4v) is 1.60. The van der Waals surface area contributed by atoms with Crippen LogP contribution in [0.4, 0.5) is 4.79 Å². The standard InChI is InChI=1S/C10H20N4O/c1-2-4-12-10(15)14-8-6-13(5-3-11)7-9-14/h2,4H,3,5-9,11H2,1H3,(H,12,15)/b4-2+. The number of urea groups is 1. The summed E-state index contributed by atoms with van der Waals surface area (Å²) in [6, 6.07) is -0.0134. The summed E-state index contributed by atoms with van der Waals surface area (Å²) in [5, 5.41) is 2.71. The van der Waals surface area contributed by atoms with Crippen molar-refractivity contribution in [3.8, 4) is 0 Å². The predicted molar refractivity (Wildman–Crippen MR) is 60.4 cm³/mol. The molecule has 1 heterocycles. The lowest BCUT2D eigenvalue weighted by atomic mass is 10.3. The first kappa shape index (κ1) is 12.0. The van der Waals surface area contributed by atoms with Crippen LogP contribution in [-0.2, 0) is 0 Å². The van der Waals surface area contributed by atoms with Crippen LogP contribution >= 0.6 is 0 Å². The highest BCUT2D eigenvalue weighted by atomic mass is 16.2. The van der Waals surface area contributed by atoms with Gasteiger partial charge in [-0.2, -0.15) is 0 Å². The van der Waals surface area contributed by atoms with Crippen molar-refractivity contribution < 1.29 is 4.79 Å². The van der Waals surface area contributed by atoms with Crippen LogP contribution in [0.2, 0.25) is 0 Å². The van der Waals surface area contributed by atoms with E-state index >= 15 is 0 Å². The molecule has 1 aliphatic rings. The molecule has 0 saturated carbocycles. The third-order valence-electron chi connectivity index (χ3n) is 2.48. The van der Waals surface area contributed by atoms with Crippen molar-refractivity contribution in [2.75, 3.05) is 39.3 Å². The molecule has 15 heavy (non-hydrogen) atoms. The second-order valence-electron chi connectivity index (χ2n) is 3.57. The number of allylic oxidation sites excluding steroid dienone is 1. The van der Waals surface area contributed by atoms with E-state index in [0.717, 1.165) is 32.7 Å². The molecule has 0 aromatic carbocycles. The molecule has 1 aliphatic heterocycles. The molecule has 86 valence electrons. The van der Waals surface area contributed by atoms with Crippen LogP contribution in [0.15, 0.2) is 12.3 Å². The maximum atomic E-state index is 11.5. The first-order chi connectivity index (χ1) is 7.27. The summed E-state index contributed by atoms with van der Waals surface area (Å²) < 4.78 is 0. The van der Waals surface area contributed by atoms with E-state index in [4.69, 9.17) is 5.73 Å². The smallest absolute Gasteiger partial charge is 0.321 e. The van der Waals surface area contributed by atoms with E-state index < -0.39 is 0 Å². The zero-order valence-electron chi connectivity index (χ0n) is 9.28. The summed E-state index contributed by atoms with van der Waals surface area (Å²) in [5.74, 6) is 0. The second-order valence-corrected chi connectivity index (χ2v) is 3.57. The average molecular weight is 212 g/mol. The Morgan fingerprint density at radius 2 is 2.07 bits per heavy atom. The molecule has 1 rings (SSSR count). The molecule has 0 unspecified atom stereocenters. The molecule has 5 nitrogen and oxygen atoms in total. The van der Waals surface area contributed by atoms with Gasteiger partial charge in [-0.05, 0) is 6.92 Å². The molecule has 3 N–H and O–H groups in total. The van der Waals surface area contributed by atoms with Gasteiger partial charge in [-0.15, -0.1) is 0 Å². The zero-order chi connectivity index (χ0) is 11.1. The highest BCUT2D eigenvalue weighted by Gasteiger charge is 2.19. The lowest BCUT2D eigenvalue weighted by molar-refractivity contribution is 0.143. The van der Waals surface area contributed by atoms with E-state index in [0.29, 0.717) is 6.54 Å². The molecule has 0 aromatic rings. The third-order valence-corrected chi connectivity index (χ3v) is 2.48. The Morgan fingerprint density at radius 3 is 2.60 bits per heavy atom. The van der Waals surface area contributed by atoms with E-state index in [-0.39, 0.29) is 6.03 Å². The number of nitrogens with zero attached hydrogens (tertiary/aromatic N) is 2. The van der Waals surface area contributed by atoms with E-state index in [2.05, 4.69) is 10.2 Å². The molecule has 5 heteroatoms. The maximum Gasteiger partial charge on any atom is 0.321 e. The van der Waals surface area contributed by atoms with Gasteiger partial charge in [0.2, 0.25) is 0 Å². The summed E-state index contributed by atoms with van der Waals surface area (Å²) in [5.41, 5.74) is 5.48. The van der Waals surface area contributed by atoms with Gasteiger partial charge in [0.15, 0.2) is 0 Å². The van der Waals surface area contributed by atoms with Gasteiger partial charge in [0.05, 0.1) is 0 Å². The number of nitrogens with two attached hydrogens (primary N) is 1. The van der Waals surface area contributed by atoms with Crippen molar-refractivity contribution in [1.82, 2.24) is 15.1 Å². The van der Waals surface area contributed by atoms with E-state index in [1.54, 1.807) is 6.20 Å². The molecule has 0 aliphatic carbocycles. The normalized spacial score (nSPS) is 18.4. The Balaban J connectivity index is 2.27. The van der Waals surface area contributed by atoms with Crippen molar-refractivity contribution in [3.05, 3.63) is 12.3 Å². The molecule has 0 spiro atoms. The summed E-state index contributed by atoms with van der Waals surface area (Å²) in [4.78, 5) is 15.6. The van der Waals surface area contributed by atoms with Crippen LogP contribution < -0.4 is 11.1 Å². The molecule has 2 amide bonds. The lowest BCUT2D eigenvalue weighted by Crippen LogP contribution is -2.51. The highest BCUT2D eigenvalue weighted by Crippen LogP contribution is 2.00. The van der Waals surface area contributed by atoms with Crippen LogP contribution in [0.1, 0.15) is 6.92 Å². The molecule has 1 fully saturated rings. The van der Waals surface area contributed by atoms with Crippen molar-refractivity contribution in [2.24, 2.45) is 5.73 Å². The number of rotatable bonds is 3. The van der Waals surface area contributed by atoms with Crippen molar-refractivity contribution >= 4 is 6.03 Å². The monoisotopic (exact) mass is 212 g/mol. The topological polar surface area (TPSA) is 61.6 Å². The van der Waals surface area contributed by atoms with Gasteiger partial charge in [0.1, 0.15) is 0 Å². The molecular weight excluding hydrogens is 192 g/mol. The number of nitrogens with one attached hydrogen (secondary N) is 1. The third kappa shape index (κ3) is 3.89. The number of hydrogen-bond donors (Lipinski definition) is 2. The van der Waals surface area contributed by atoms with Crippen LogP contribution in [0, 0.1) is 0 Å². The van der Waals surface area contributed by atoms with Gasteiger partial charge in [-0.1, -0.05) is 6.08 Å². The quantitative estimate of drug-likeness (QED) is 0.681. The second kappa shape index (κ2) is 6.42. The van der Waals surface area contributed by atoms with Gasteiger partial charge < -0.3 is 16.0 Å². The van der Waals surface area contributed by atoms with Gasteiger partial charge in [-0.3, -0.25) is 4.90 Å². The first-order valence-electron chi connectivity index (χ1n) is 5.37. The van der Waals surface area contributed by atoms with Crippen molar-refractivity contribution in [3.63, 3.8) is 0 Å². The number of carbonyl (C=O) groups is 1. The number of hydrogen-bond acceptors (Lipinski definition) is 3. The number of piperazine rings is 1. The minimum Gasteiger partial charge on any atom is -0.329 e. The molecule has 0 radical (unpaired) electrons. The fraction of sp³-hybridized carbons (Fsp3) is 0.700. The van der Waals surface area contributed by atoms with Crippen molar-refractivity contribution in [1.29, 1.82) is 0 Å². The number of amides is 2. The summed E-state index contributed by atoms with van der Waals surface area (Å²) in [7, 11) is 0. The Morgan fingerprint density at radius 1 is 1.40 bits per heavy atom. The Bertz CT molecular complexity index is 221. The van der Waals surface area contributed by atoms with Crippen LogP contribution in [0.5, 0.6) is 0 Å². The minimum absolute atomic E-state index is 0.0134. The summed E-state index contributed by atoms with van der Waals surface area (Å²) >= 11 is 0. The van der Waals surface area contributed by atoms with Crippen LogP contribution in [-0.4, -0.2) is 55.1 Å². The van der Waals surface area contributed by atoms with E-state index in [1.165, 1.54) is 0 Å². The average Bonchev–Trinajstić information content (AvgIpc) is 2.27. The zero-order valence-corrected chi connectivity index (χ0v) is 9.28. The van der Waals surface area contributed by atoms with Crippen LogP contribution in [0.3, 0.4) is 0 Å². The first-order valence-corrected chi connectivity index (χ1v) is 5.37. The fourth-order valence-electron chi connectivity index (χ4n) is 1.60. The Kier molecular flexibility index (Phi) is 5.14. The molecular formula is C10H20N4O. The van der Waals surface area contributed by atoms with Crippen LogP contribution in [0.25, 0.3) is 0 Å². The summed E-state index contributed by atoms with van der Waals surface area (Å²) in [6.45, 7) is 6.88. The molecule has 0 bridgehead atoms. The van der Waals surface area contributed by atoms with Gasteiger partial charge in [0.25, 0.3) is 0 Å². The Hall–Kier alpha value is -1.07. The number of carbonyl (C=O) groups excluding carboxylic acids is 1. The van der Waals surface area contributed by atoms with Gasteiger partial charge in [0, 0.05) is 45.5 Å². The molecule has 0 atom stereocenters. The lowest BCUT2D eigenvalue weighted by Gasteiger charge is -2.34. The minimum atomic E-state index is -0.0134. The van der Waals surface area contributed by atoms with Gasteiger partial charge >= 0.3 is 6.03 Å². The summed E-state index contributed by atoms with van der Waals surface area (Å²) in [6.07, 6.45) is 3.47. The molecule has 1 saturated heterocycles. The van der Waals surface area contributed by atoms with E-state index in [9.17, 15) is 4.79 Å². The Labute approximate surface area is 90.9 Å². The maximum absolute atomic E-state index is 11.5. The largest absolute Gasteiger partial charge is 0.329 e. The highest BCUT2D eigenvalue weighted by molar-refractivity contribution is 5.75. The van der Waals surface area contributed by atoms with Crippen molar-refractivity contribution in [2.45, 2.75) is 6.92 Å². The molecule has 0 aromatic heterocycles.